The van der Waals surface area contributed by atoms with Crippen molar-refractivity contribution in [2.75, 3.05) is 12.3 Å². The lowest BCUT2D eigenvalue weighted by Gasteiger charge is -2.35. The number of hydrogen-bond acceptors (Lipinski definition) is 3. The molecule has 0 bridgehead atoms. The van der Waals surface area contributed by atoms with Gasteiger partial charge in [0.2, 0.25) is 0 Å². The first-order chi connectivity index (χ1) is 11.7. The van der Waals surface area contributed by atoms with Gasteiger partial charge in [0, 0.05) is 25.4 Å². The molecular weight excluding hydrogens is 352 g/mol. The molecule has 0 aromatic heterocycles. The zero-order valence-corrected chi connectivity index (χ0v) is 15.9. The molecule has 0 N–H and O–H groups in total. The van der Waals surface area contributed by atoms with Gasteiger partial charge < -0.3 is 9.80 Å². The number of nitrogens with zero attached hydrogens (tertiary/aromatic N) is 2. The first-order valence-corrected chi connectivity index (χ1v) is 9.85. The molecule has 1 heterocycles. The fraction of sp³-hybridized carbons (Fsp3) is 0.263. The lowest BCUT2D eigenvalue weighted by molar-refractivity contribution is 0.369. The van der Waals surface area contributed by atoms with E-state index in [-0.39, 0.29) is 0 Å². The molecule has 1 fully saturated rings. The van der Waals surface area contributed by atoms with Crippen LogP contribution in [-0.2, 0) is 13.1 Å². The SMILES string of the molecule is S=C1SCCCN1C(=S)N(Cc1ccccc1)Cc1ccccc1. The molecule has 2 nitrogen and oxygen atoms in total. The first kappa shape index (κ1) is 17.4. The molecule has 1 aliphatic heterocycles. The Morgan fingerprint density at radius 1 is 0.958 bits per heavy atom. The second kappa shape index (κ2) is 8.60. The summed E-state index contributed by atoms with van der Waals surface area (Å²) in [6.45, 7) is 2.50. The quantitative estimate of drug-likeness (QED) is 0.716. The van der Waals surface area contributed by atoms with Gasteiger partial charge in [-0.2, -0.15) is 0 Å². The third kappa shape index (κ3) is 4.56. The van der Waals surface area contributed by atoms with Crippen molar-refractivity contribution in [3.8, 4) is 0 Å². The van der Waals surface area contributed by atoms with Crippen LogP contribution in [0.25, 0.3) is 0 Å². The number of thioether (sulfide) groups is 1. The molecule has 0 amide bonds. The predicted molar refractivity (Wildman–Crippen MR) is 111 cm³/mol. The van der Waals surface area contributed by atoms with Crippen LogP contribution in [0.15, 0.2) is 60.7 Å². The largest absolute Gasteiger partial charge is 0.340 e. The molecule has 1 aliphatic rings. The van der Waals surface area contributed by atoms with Crippen LogP contribution in [0.5, 0.6) is 0 Å². The van der Waals surface area contributed by atoms with E-state index in [0.29, 0.717) is 0 Å². The van der Waals surface area contributed by atoms with Gasteiger partial charge in [0.05, 0.1) is 0 Å². The second-order valence-electron chi connectivity index (χ2n) is 5.73. The van der Waals surface area contributed by atoms with E-state index < -0.39 is 0 Å². The van der Waals surface area contributed by atoms with Gasteiger partial charge in [-0.3, -0.25) is 0 Å². The van der Waals surface area contributed by atoms with E-state index in [4.69, 9.17) is 24.4 Å². The molecule has 0 radical (unpaired) electrons. The third-order valence-corrected chi connectivity index (χ3v) is 5.92. The molecule has 24 heavy (non-hydrogen) atoms. The second-order valence-corrected chi connectivity index (χ2v) is 7.82. The summed E-state index contributed by atoms with van der Waals surface area (Å²) in [6.07, 6.45) is 1.12. The van der Waals surface area contributed by atoms with Gasteiger partial charge >= 0.3 is 0 Å². The number of thiocarbonyl (C=S) groups is 2. The molecule has 0 atom stereocenters. The van der Waals surface area contributed by atoms with Crippen LogP contribution in [0.2, 0.25) is 0 Å². The van der Waals surface area contributed by atoms with Gasteiger partial charge in [0.1, 0.15) is 4.32 Å². The summed E-state index contributed by atoms with van der Waals surface area (Å²) < 4.78 is 0.900. The molecule has 0 unspecified atom stereocenters. The molecule has 3 rings (SSSR count). The summed E-state index contributed by atoms with van der Waals surface area (Å²) >= 11 is 13.1. The first-order valence-electron chi connectivity index (χ1n) is 8.05. The van der Waals surface area contributed by atoms with Crippen LogP contribution in [-0.4, -0.2) is 31.5 Å². The fourth-order valence-electron chi connectivity index (χ4n) is 2.69. The molecular formula is C19H20N2S3. The maximum absolute atomic E-state index is 5.82. The molecule has 2 aromatic rings. The van der Waals surface area contributed by atoms with Crippen molar-refractivity contribution < 1.29 is 0 Å². The summed E-state index contributed by atoms with van der Waals surface area (Å²) in [6, 6.07) is 20.9. The van der Waals surface area contributed by atoms with Crippen LogP contribution in [0.3, 0.4) is 0 Å². The average Bonchev–Trinajstić information content (AvgIpc) is 2.63. The van der Waals surface area contributed by atoms with Gasteiger partial charge in [-0.15, -0.1) is 0 Å². The van der Waals surface area contributed by atoms with E-state index >= 15 is 0 Å². The monoisotopic (exact) mass is 372 g/mol. The normalized spacial score (nSPS) is 14.5. The van der Waals surface area contributed by atoms with Crippen LogP contribution in [0, 0.1) is 0 Å². The Morgan fingerprint density at radius 3 is 2.00 bits per heavy atom. The fourth-order valence-corrected chi connectivity index (χ4v) is 4.33. The Kier molecular flexibility index (Phi) is 6.24. The summed E-state index contributed by atoms with van der Waals surface area (Å²) in [4.78, 5) is 4.36. The zero-order valence-electron chi connectivity index (χ0n) is 13.4. The van der Waals surface area contributed by atoms with Crippen molar-refractivity contribution in [3.05, 3.63) is 71.8 Å². The van der Waals surface area contributed by atoms with Gasteiger partial charge in [0.15, 0.2) is 5.11 Å². The highest BCUT2D eigenvalue weighted by atomic mass is 32.2. The van der Waals surface area contributed by atoms with E-state index in [1.165, 1.54) is 11.1 Å². The highest BCUT2D eigenvalue weighted by Gasteiger charge is 2.23. The molecule has 124 valence electrons. The Balaban J connectivity index is 1.80. The van der Waals surface area contributed by atoms with Crippen LogP contribution in [0.1, 0.15) is 17.5 Å². The Labute approximate surface area is 158 Å². The lowest BCUT2D eigenvalue weighted by atomic mass is 10.2. The van der Waals surface area contributed by atoms with Crippen molar-refractivity contribution in [3.63, 3.8) is 0 Å². The average molecular weight is 373 g/mol. The van der Waals surface area contributed by atoms with Crippen molar-refractivity contribution >= 4 is 45.6 Å². The van der Waals surface area contributed by atoms with Crippen LogP contribution in [0.4, 0.5) is 0 Å². The highest BCUT2D eigenvalue weighted by Crippen LogP contribution is 2.21. The molecule has 2 aromatic carbocycles. The molecule has 0 saturated carbocycles. The van der Waals surface area contributed by atoms with Gasteiger partial charge in [-0.25, -0.2) is 0 Å². The third-order valence-electron chi connectivity index (χ3n) is 3.91. The van der Waals surface area contributed by atoms with Gasteiger partial charge in [-0.1, -0.05) is 84.6 Å². The van der Waals surface area contributed by atoms with E-state index in [1.807, 2.05) is 12.1 Å². The zero-order chi connectivity index (χ0) is 16.8. The maximum Gasteiger partial charge on any atom is 0.177 e. The van der Waals surface area contributed by atoms with Crippen molar-refractivity contribution in [1.29, 1.82) is 0 Å². The predicted octanol–water partition coefficient (Wildman–Crippen LogP) is 4.70. The minimum atomic E-state index is 0.790. The Bertz CT molecular complexity index is 647. The summed E-state index contributed by atoms with van der Waals surface area (Å²) in [5, 5.41) is 0.833. The van der Waals surface area contributed by atoms with Gasteiger partial charge in [0.25, 0.3) is 0 Å². The van der Waals surface area contributed by atoms with E-state index in [0.717, 1.165) is 41.2 Å². The van der Waals surface area contributed by atoms with Crippen LogP contribution >= 0.6 is 36.2 Å². The van der Waals surface area contributed by atoms with Crippen molar-refractivity contribution in [1.82, 2.24) is 9.80 Å². The lowest BCUT2D eigenvalue weighted by Crippen LogP contribution is -2.46. The van der Waals surface area contributed by atoms with E-state index in [2.05, 4.69) is 58.3 Å². The Morgan fingerprint density at radius 2 is 1.50 bits per heavy atom. The van der Waals surface area contributed by atoms with Crippen molar-refractivity contribution in [2.45, 2.75) is 19.5 Å². The summed E-state index contributed by atoms with van der Waals surface area (Å²) in [5.74, 6) is 1.09. The number of rotatable bonds is 4. The summed E-state index contributed by atoms with van der Waals surface area (Å²) in [7, 11) is 0. The topological polar surface area (TPSA) is 6.48 Å². The van der Waals surface area contributed by atoms with E-state index in [1.54, 1.807) is 11.8 Å². The number of hydrogen-bond donors (Lipinski definition) is 0. The molecule has 0 spiro atoms. The van der Waals surface area contributed by atoms with Crippen molar-refractivity contribution in [2.24, 2.45) is 0 Å². The minimum absolute atomic E-state index is 0.790. The number of benzene rings is 2. The summed E-state index contributed by atoms with van der Waals surface area (Å²) in [5.41, 5.74) is 2.51. The molecule has 0 aliphatic carbocycles. The van der Waals surface area contributed by atoms with Gasteiger partial charge in [-0.05, 0) is 29.8 Å². The maximum atomic E-state index is 5.82. The van der Waals surface area contributed by atoms with E-state index in [9.17, 15) is 0 Å². The Hall–Kier alpha value is -1.43. The standard InChI is InChI=1S/C19H20N2S3/c22-18(21-12-7-13-24-19(21)23)20(14-16-8-3-1-4-9-16)15-17-10-5-2-6-11-17/h1-6,8-11H,7,12-15H2. The molecule has 5 heteroatoms. The molecule has 1 saturated heterocycles. The highest BCUT2D eigenvalue weighted by molar-refractivity contribution is 8.23. The smallest absolute Gasteiger partial charge is 0.177 e. The van der Waals surface area contributed by atoms with Crippen LogP contribution < -0.4 is 0 Å². The minimum Gasteiger partial charge on any atom is -0.340 e.